The van der Waals surface area contributed by atoms with Crippen molar-refractivity contribution in [2.75, 3.05) is 0 Å². The Morgan fingerprint density at radius 1 is 0.227 bits per heavy atom. The van der Waals surface area contributed by atoms with Crippen LogP contribution in [0.15, 0.2) is 218 Å². The van der Waals surface area contributed by atoms with E-state index in [0.717, 1.165) is 68.5 Å². The van der Waals surface area contributed by atoms with Gasteiger partial charge in [0.2, 0.25) is 0 Å². The Hall–Kier alpha value is -8.60. The number of aryl methyl sites for hydroxylation is 4. The van der Waals surface area contributed by atoms with Gasteiger partial charge >= 0.3 is 0 Å². The van der Waals surface area contributed by atoms with Gasteiger partial charge in [0.05, 0.1) is 44.8 Å². The number of hydrogen-bond donors (Lipinski definition) is 0. The molecule has 0 spiro atoms. The van der Waals surface area contributed by atoms with Gasteiger partial charge in [-0.15, -0.1) is 0 Å². The fourth-order valence-electron chi connectivity index (χ4n) is 14.6. The van der Waals surface area contributed by atoms with Gasteiger partial charge in [0, 0.05) is 43.8 Å². The van der Waals surface area contributed by atoms with Gasteiger partial charge in [0.1, 0.15) is 0 Å². The van der Waals surface area contributed by atoms with Crippen LogP contribution in [-0.2, 0) is 0 Å². The maximum atomic E-state index is 4.92. The van der Waals surface area contributed by atoms with E-state index in [2.05, 4.69) is 240 Å². The van der Waals surface area contributed by atoms with Gasteiger partial charge in [-0.2, -0.15) is 0 Å². The molecule has 0 amide bonds. The topological polar surface area (TPSA) is 51.6 Å². The highest BCUT2D eigenvalue weighted by Crippen LogP contribution is 2.40. The molecule has 88 heavy (non-hydrogen) atoms. The second-order valence-electron chi connectivity index (χ2n) is 26.0. The Morgan fingerprint density at radius 2 is 0.545 bits per heavy atom. The van der Waals surface area contributed by atoms with Crippen molar-refractivity contribution in [1.29, 1.82) is 0 Å². The zero-order valence-corrected chi connectivity index (χ0v) is 52.2. The van der Waals surface area contributed by atoms with Crippen molar-refractivity contribution in [3.63, 3.8) is 0 Å². The van der Waals surface area contributed by atoms with Crippen LogP contribution in [0.3, 0.4) is 0 Å². The van der Waals surface area contributed by atoms with Crippen molar-refractivity contribution in [2.24, 2.45) is 0 Å². The molecule has 4 saturated carbocycles. The molecule has 0 saturated heterocycles. The monoisotopic (exact) mass is 1150 g/mol. The molecule has 4 fully saturated rings. The maximum Gasteiger partial charge on any atom is 0.0712 e. The first-order valence-electron chi connectivity index (χ1n) is 33.1. The highest BCUT2D eigenvalue weighted by Gasteiger charge is 2.21. The van der Waals surface area contributed by atoms with Crippen molar-refractivity contribution in [2.45, 2.75) is 154 Å². The molecular weight excluding hydrogens is 1060 g/mol. The molecule has 12 aromatic rings. The Morgan fingerprint density at radius 3 is 0.955 bits per heavy atom. The first kappa shape index (κ1) is 58.4. The Kier molecular flexibility index (Phi) is 18.1. The lowest BCUT2D eigenvalue weighted by Gasteiger charge is -2.11. The third-order valence-electron chi connectivity index (χ3n) is 19.4. The van der Waals surface area contributed by atoms with Crippen LogP contribution in [-0.4, -0.2) is 19.9 Å². The van der Waals surface area contributed by atoms with E-state index in [9.17, 15) is 0 Å². The summed E-state index contributed by atoms with van der Waals surface area (Å²) in [4.78, 5) is 19.5. The largest absolute Gasteiger partial charge is 0.248 e. The summed E-state index contributed by atoms with van der Waals surface area (Å²) in [6.45, 7) is 8.54. The molecule has 440 valence electrons. The van der Waals surface area contributed by atoms with Gasteiger partial charge in [-0.3, -0.25) is 0 Å². The standard InChI is InChI=1S/C22H23N.2C21H21N.C20H19N/c1-15-11-16(2)13-20(12-15)22-10-8-19-14-18(7-9-21(19)23-22)17-5-3-4-6-17;1-15-5-4-8-18(13-15)20-12-10-19-14-17(9-11-21(19)22-20)16-6-2-3-7-16;1-15-5-4-8-19(13-15)20-12-11-17-9-10-18(14-21(17)22-20)16-6-2-3-7-16;1-2-8-16(9-3-1)19-13-12-17-10-11-18(14-20(17)21-19)15-6-4-5-7-15/h7-14,17H,3-6H2,1-2H3;2*4-5,8-14,16H,2-3,6-7H2,1H3;1-3,8-15H,4-7H2. The van der Waals surface area contributed by atoms with Gasteiger partial charge in [0.25, 0.3) is 0 Å². The molecular formula is C84H84N4. The van der Waals surface area contributed by atoms with Crippen LogP contribution in [0.5, 0.6) is 0 Å². The number of fused-ring (bicyclic) bond motifs is 4. The molecule has 8 aromatic carbocycles. The molecule has 4 heterocycles. The zero-order chi connectivity index (χ0) is 59.8. The zero-order valence-electron chi connectivity index (χ0n) is 52.2. The minimum Gasteiger partial charge on any atom is -0.248 e. The average molecular weight is 1150 g/mol. The smallest absolute Gasteiger partial charge is 0.0712 e. The second-order valence-corrected chi connectivity index (χ2v) is 26.0. The molecule has 0 N–H and O–H groups in total. The molecule has 4 nitrogen and oxygen atoms in total. The summed E-state index contributed by atoms with van der Waals surface area (Å²) in [5.41, 5.74) is 24.6. The van der Waals surface area contributed by atoms with Gasteiger partial charge in [0.15, 0.2) is 0 Å². The average Bonchev–Trinajstić information content (AvgIpc) is 3.39. The number of benzene rings is 8. The van der Waals surface area contributed by atoms with Crippen LogP contribution in [0.1, 0.15) is 171 Å². The van der Waals surface area contributed by atoms with Crippen molar-refractivity contribution < 1.29 is 0 Å². The fourth-order valence-corrected chi connectivity index (χ4v) is 14.6. The summed E-state index contributed by atoms with van der Waals surface area (Å²) >= 11 is 0. The number of hydrogen-bond acceptors (Lipinski definition) is 4. The lowest BCUT2D eigenvalue weighted by atomic mass is 9.96. The van der Waals surface area contributed by atoms with Gasteiger partial charge < -0.3 is 0 Å². The van der Waals surface area contributed by atoms with E-state index in [1.165, 1.54) is 191 Å². The molecule has 4 heteroatoms. The minimum atomic E-state index is 0.744. The van der Waals surface area contributed by atoms with Gasteiger partial charge in [-0.25, -0.2) is 19.9 Å². The fraction of sp³-hybridized carbons (Fsp3) is 0.286. The number of pyridine rings is 4. The van der Waals surface area contributed by atoms with Crippen LogP contribution in [0, 0.1) is 27.7 Å². The van der Waals surface area contributed by atoms with Crippen molar-refractivity contribution in [1.82, 2.24) is 19.9 Å². The molecule has 0 aliphatic heterocycles. The van der Waals surface area contributed by atoms with Crippen LogP contribution in [0.4, 0.5) is 0 Å². The first-order valence-corrected chi connectivity index (χ1v) is 33.1. The third-order valence-corrected chi connectivity index (χ3v) is 19.4. The summed E-state index contributed by atoms with van der Waals surface area (Å²) in [6.07, 6.45) is 21.8. The Labute approximate surface area is 522 Å². The van der Waals surface area contributed by atoms with E-state index in [1.54, 1.807) is 0 Å². The first-order chi connectivity index (χ1) is 43.2. The van der Waals surface area contributed by atoms with Crippen molar-refractivity contribution in [3.8, 4) is 45.0 Å². The lowest BCUT2D eigenvalue weighted by molar-refractivity contribution is 0.724. The van der Waals surface area contributed by atoms with Crippen molar-refractivity contribution in [3.05, 3.63) is 263 Å². The van der Waals surface area contributed by atoms with Crippen LogP contribution in [0.25, 0.3) is 88.6 Å². The molecule has 4 aliphatic rings. The summed E-state index contributed by atoms with van der Waals surface area (Å²) in [5, 5.41) is 5.00. The van der Waals surface area contributed by atoms with Crippen LogP contribution in [0.2, 0.25) is 0 Å². The van der Waals surface area contributed by atoms with E-state index in [1.807, 2.05) is 6.07 Å². The van der Waals surface area contributed by atoms with Gasteiger partial charge in [-0.05, 0) is 210 Å². The molecule has 16 rings (SSSR count). The highest BCUT2D eigenvalue weighted by molar-refractivity contribution is 5.85. The lowest BCUT2D eigenvalue weighted by Crippen LogP contribution is -1.93. The normalized spacial score (nSPS) is 15.5. The minimum absolute atomic E-state index is 0.744. The molecule has 4 aromatic heterocycles. The van der Waals surface area contributed by atoms with Crippen LogP contribution < -0.4 is 0 Å². The van der Waals surface area contributed by atoms with Crippen LogP contribution >= 0.6 is 0 Å². The SMILES string of the molecule is Cc1cc(C)cc(-c2ccc3cc(C4CCCC4)ccc3n2)c1.Cc1cccc(-c2ccc3cc(C4CCCC4)ccc3n2)c1.Cc1cccc(-c2ccc3ccc(C4CCCC4)cc3n2)c1.c1ccc(-c2ccc3ccc(C4CCCC4)cc3n2)cc1. The molecule has 0 unspecified atom stereocenters. The third kappa shape index (κ3) is 14.0. The number of rotatable bonds is 8. The molecule has 4 aliphatic carbocycles. The predicted molar refractivity (Wildman–Crippen MR) is 373 cm³/mol. The summed E-state index contributed by atoms with van der Waals surface area (Å²) in [6, 6.07) is 78.9. The van der Waals surface area contributed by atoms with E-state index in [0.29, 0.717) is 0 Å². The highest BCUT2D eigenvalue weighted by atomic mass is 14.7. The second kappa shape index (κ2) is 27.2. The summed E-state index contributed by atoms with van der Waals surface area (Å²) < 4.78 is 0. The summed E-state index contributed by atoms with van der Waals surface area (Å²) in [7, 11) is 0. The van der Waals surface area contributed by atoms with Gasteiger partial charge in [-0.1, -0.05) is 207 Å². The maximum absolute atomic E-state index is 4.92. The predicted octanol–water partition coefficient (Wildman–Crippen LogP) is 23.5. The quantitative estimate of drug-likeness (QED) is 0.152. The van der Waals surface area contributed by atoms with E-state index in [-0.39, 0.29) is 0 Å². The summed E-state index contributed by atoms with van der Waals surface area (Å²) in [5.74, 6) is 3.02. The number of aromatic nitrogens is 4. The van der Waals surface area contributed by atoms with E-state index < -0.39 is 0 Å². The molecule has 0 radical (unpaired) electrons. The van der Waals surface area contributed by atoms with E-state index >= 15 is 0 Å². The van der Waals surface area contributed by atoms with Crippen molar-refractivity contribution >= 4 is 43.6 Å². The molecule has 0 bridgehead atoms. The Bertz CT molecular complexity index is 4340. The molecule has 0 atom stereocenters. The van der Waals surface area contributed by atoms with E-state index in [4.69, 9.17) is 19.9 Å². The Balaban J connectivity index is 0.000000108. The number of nitrogens with zero attached hydrogens (tertiary/aromatic N) is 4.